The van der Waals surface area contributed by atoms with E-state index in [2.05, 4.69) is 17.1 Å². The summed E-state index contributed by atoms with van der Waals surface area (Å²) < 4.78 is 5.53. The smallest absolute Gasteiger partial charge is 0.410 e. The van der Waals surface area contributed by atoms with Gasteiger partial charge in [0.15, 0.2) is 0 Å². The third-order valence-corrected chi connectivity index (χ3v) is 4.42. The van der Waals surface area contributed by atoms with Gasteiger partial charge in [-0.1, -0.05) is 13.3 Å². The molecule has 1 aliphatic heterocycles. The van der Waals surface area contributed by atoms with Crippen LogP contribution in [0.3, 0.4) is 0 Å². The zero-order chi connectivity index (χ0) is 18.2. The summed E-state index contributed by atoms with van der Waals surface area (Å²) in [6, 6.07) is 0.161. The molecule has 1 atom stereocenters. The standard InChI is InChI=1S/C19H39N3O2/c1-7-8-10-20-14-17-9-11-21(15-17)12-13-22(16(2)3)18(23)24-19(4,5)6/h16-17,20H,7-15H2,1-6H3. The Labute approximate surface area is 149 Å². The first kappa shape index (κ1) is 21.2. The third-order valence-electron chi connectivity index (χ3n) is 4.42. The molecule has 0 radical (unpaired) electrons. The molecule has 0 aromatic carbocycles. The van der Waals surface area contributed by atoms with Crippen molar-refractivity contribution >= 4 is 6.09 Å². The first-order chi connectivity index (χ1) is 11.2. The lowest BCUT2D eigenvalue weighted by Crippen LogP contribution is -2.44. The van der Waals surface area contributed by atoms with Crippen molar-refractivity contribution in [3.63, 3.8) is 0 Å². The summed E-state index contributed by atoms with van der Waals surface area (Å²) in [5.74, 6) is 0.746. The number of carbonyl (C=O) groups excluding carboxylic acids is 1. The average molecular weight is 342 g/mol. The van der Waals surface area contributed by atoms with Crippen LogP contribution in [0.15, 0.2) is 0 Å². The molecule has 1 heterocycles. The highest BCUT2D eigenvalue weighted by molar-refractivity contribution is 5.68. The number of likely N-dealkylation sites (tertiary alicyclic amines) is 1. The molecule has 1 N–H and O–H groups in total. The monoisotopic (exact) mass is 341 g/mol. The minimum atomic E-state index is -0.437. The van der Waals surface area contributed by atoms with Crippen LogP contribution in [0.1, 0.15) is 60.8 Å². The van der Waals surface area contributed by atoms with E-state index in [1.54, 1.807) is 0 Å². The van der Waals surface area contributed by atoms with E-state index in [0.717, 1.165) is 45.2 Å². The molecule has 5 heteroatoms. The van der Waals surface area contributed by atoms with Crippen molar-refractivity contribution in [1.82, 2.24) is 15.1 Å². The van der Waals surface area contributed by atoms with Crippen LogP contribution in [0.2, 0.25) is 0 Å². The Hall–Kier alpha value is -0.810. The molecule has 1 aliphatic rings. The Morgan fingerprint density at radius 3 is 2.67 bits per heavy atom. The van der Waals surface area contributed by atoms with Gasteiger partial charge < -0.3 is 19.9 Å². The van der Waals surface area contributed by atoms with Crippen LogP contribution in [-0.4, -0.2) is 66.8 Å². The van der Waals surface area contributed by atoms with E-state index in [1.165, 1.54) is 19.3 Å². The molecule has 1 amide bonds. The lowest BCUT2D eigenvalue weighted by molar-refractivity contribution is 0.0175. The topological polar surface area (TPSA) is 44.8 Å². The fraction of sp³-hybridized carbons (Fsp3) is 0.947. The van der Waals surface area contributed by atoms with Gasteiger partial charge in [-0.3, -0.25) is 0 Å². The minimum absolute atomic E-state index is 0.161. The molecule has 0 saturated carbocycles. The van der Waals surface area contributed by atoms with Gasteiger partial charge in [-0.2, -0.15) is 0 Å². The Kier molecular flexibility index (Phi) is 9.06. The Balaban J connectivity index is 2.33. The summed E-state index contributed by atoms with van der Waals surface area (Å²) in [5.41, 5.74) is -0.437. The summed E-state index contributed by atoms with van der Waals surface area (Å²) in [4.78, 5) is 16.7. The van der Waals surface area contributed by atoms with E-state index in [4.69, 9.17) is 4.74 Å². The number of ether oxygens (including phenoxy) is 1. The van der Waals surface area contributed by atoms with Crippen LogP contribution in [0.4, 0.5) is 4.79 Å². The normalized spacial score (nSPS) is 19.0. The van der Waals surface area contributed by atoms with Crippen molar-refractivity contribution in [2.24, 2.45) is 5.92 Å². The molecule has 0 aromatic heterocycles. The molecule has 0 aromatic rings. The number of nitrogens with one attached hydrogen (secondary N) is 1. The number of amides is 1. The summed E-state index contributed by atoms with van der Waals surface area (Å²) in [6.45, 7) is 18.3. The summed E-state index contributed by atoms with van der Waals surface area (Å²) >= 11 is 0. The average Bonchev–Trinajstić information content (AvgIpc) is 2.89. The first-order valence-electron chi connectivity index (χ1n) is 9.65. The van der Waals surface area contributed by atoms with Gasteiger partial charge in [0, 0.05) is 25.7 Å². The van der Waals surface area contributed by atoms with Crippen LogP contribution in [-0.2, 0) is 4.74 Å². The van der Waals surface area contributed by atoms with Gasteiger partial charge in [-0.05, 0) is 73.0 Å². The van der Waals surface area contributed by atoms with E-state index >= 15 is 0 Å². The molecule has 0 aliphatic carbocycles. The van der Waals surface area contributed by atoms with Crippen LogP contribution in [0.25, 0.3) is 0 Å². The fourth-order valence-corrected chi connectivity index (χ4v) is 3.02. The van der Waals surface area contributed by atoms with Crippen molar-refractivity contribution < 1.29 is 9.53 Å². The van der Waals surface area contributed by atoms with Gasteiger partial charge in [-0.25, -0.2) is 4.79 Å². The van der Waals surface area contributed by atoms with E-state index in [9.17, 15) is 4.79 Å². The van der Waals surface area contributed by atoms with E-state index in [1.807, 2.05) is 39.5 Å². The molecule has 1 unspecified atom stereocenters. The second-order valence-electron chi connectivity index (χ2n) is 8.28. The van der Waals surface area contributed by atoms with Crippen LogP contribution in [0.5, 0.6) is 0 Å². The number of carbonyl (C=O) groups is 1. The molecule has 1 rings (SSSR count). The minimum Gasteiger partial charge on any atom is -0.444 e. The molecule has 5 nitrogen and oxygen atoms in total. The zero-order valence-electron chi connectivity index (χ0n) is 16.7. The van der Waals surface area contributed by atoms with Crippen LogP contribution in [0, 0.1) is 5.92 Å². The highest BCUT2D eigenvalue weighted by atomic mass is 16.6. The Morgan fingerprint density at radius 1 is 1.38 bits per heavy atom. The van der Waals surface area contributed by atoms with Crippen molar-refractivity contribution in [2.45, 2.75) is 72.4 Å². The predicted octanol–water partition coefficient (Wildman–Crippen LogP) is 3.34. The van der Waals surface area contributed by atoms with Gasteiger partial charge in [0.25, 0.3) is 0 Å². The third kappa shape index (κ3) is 8.34. The Morgan fingerprint density at radius 2 is 2.08 bits per heavy atom. The number of rotatable bonds is 9. The van der Waals surface area contributed by atoms with E-state index < -0.39 is 5.60 Å². The SMILES string of the molecule is CCCCNCC1CCN(CCN(C(=O)OC(C)(C)C)C(C)C)C1. The zero-order valence-corrected chi connectivity index (χ0v) is 16.7. The van der Waals surface area contributed by atoms with Gasteiger partial charge in [0.1, 0.15) is 5.60 Å². The quantitative estimate of drug-likeness (QED) is 0.653. The van der Waals surface area contributed by atoms with E-state index in [-0.39, 0.29) is 12.1 Å². The Bertz CT molecular complexity index is 366. The van der Waals surface area contributed by atoms with Crippen LogP contribution < -0.4 is 5.32 Å². The predicted molar refractivity (Wildman–Crippen MR) is 100 cm³/mol. The second-order valence-corrected chi connectivity index (χ2v) is 8.28. The highest BCUT2D eigenvalue weighted by Crippen LogP contribution is 2.16. The highest BCUT2D eigenvalue weighted by Gasteiger charge is 2.26. The summed E-state index contributed by atoms with van der Waals surface area (Å²) in [5, 5.41) is 3.56. The van der Waals surface area contributed by atoms with Gasteiger partial charge >= 0.3 is 6.09 Å². The largest absolute Gasteiger partial charge is 0.444 e. The number of nitrogens with zero attached hydrogens (tertiary/aromatic N) is 2. The van der Waals surface area contributed by atoms with E-state index in [0.29, 0.717) is 0 Å². The maximum Gasteiger partial charge on any atom is 0.410 e. The number of unbranched alkanes of at least 4 members (excludes halogenated alkanes) is 1. The maximum atomic E-state index is 12.3. The van der Waals surface area contributed by atoms with Crippen molar-refractivity contribution in [2.75, 3.05) is 39.3 Å². The fourth-order valence-electron chi connectivity index (χ4n) is 3.02. The van der Waals surface area contributed by atoms with Crippen molar-refractivity contribution in [3.05, 3.63) is 0 Å². The second kappa shape index (κ2) is 10.2. The summed E-state index contributed by atoms with van der Waals surface area (Å²) in [7, 11) is 0. The molecule has 1 saturated heterocycles. The van der Waals surface area contributed by atoms with Gasteiger partial charge in [-0.15, -0.1) is 0 Å². The van der Waals surface area contributed by atoms with Gasteiger partial charge in [0.05, 0.1) is 0 Å². The van der Waals surface area contributed by atoms with Gasteiger partial charge in [0.2, 0.25) is 0 Å². The number of hydrogen-bond donors (Lipinski definition) is 1. The lowest BCUT2D eigenvalue weighted by Gasteiger charge is -2.31. The van der Waals surface area contributed by atoms with Crippen molar-refractivity contribution in [1.29, 1.82) is 0 Å². The lowest BCUT2D eigenvalue weighted by atomic mass is 10.1. The van der Waals surface area contributed by atoms with Crippen molar-refractivity contribution in [3.8, 4) is 0 Å². The molecule has 24 heavy (non-hydrogen) atoms. The summed E-state index contributed by atoms with van der Waals surface area (Å²) in [6.07, 6.45) is 3.57. The maximum absolute atomic E-state index is 12.3. The van der Waals surface area contributed by atoms with Crippen LogP contribution >= 0.6 is 0 Å². The molecule has 0 spiro atoms. The molecule has 0 bridgehead atoms. The molecule has 1 fully saturated rings. The first-order valence-corrected chi connectivity index (χ1v) is 9.65. The molecular formula is C19H39N3O2. The number of hydrogen-bond acceptors (Lipinski definition) is 4. The molecule has 142 valence electrons. The molecular weight excluding hydrogens is 302 g/mol.